The summed E-state index contributed by atoms with van der Waals surface area (Å²) in [6.07, 6.45) is 0. The molecule has 0 aromatic heterocycles. The van der Waals surface area contributed by atoms with Crippen LogP contribution in [-0.2, 0) is 9.59 Å². The molecule has 0 aliphatic carbocycles. The van der Waals surface area contributed by atoms with Gasteiger partial charge < -0.3 is 10.1 Å². The highest BCUT2D eigenvalue weighted by Gasteiger charge is 2.40. The third-order valence-corrected chi connectivity index (χ3v) is 6.00. The second-order valence-corrected chi connectivity index (χ2v) is 8.75. The number of nitrogens with one attached hydrogen (secondary N) is 1. The Balaban J connectivity index is 1.89. The molecule has 0 atom stereocenters. The van der Waals surface area contributed by atoms with E-state index >= 15 is 0 Å². The van der Waals surface area contributed by atoms with Crippen molar-refractivity contribution in [2.75, 3.05) is 17.3 Å². The molecule has 1 aliphatic rings. The Kier molecular flexibility index (Phi) is 6.00. The fourth-order valence-corrected chi connectivity index (χ4v) is 4.21. The van der Waals surface area contributed by atoms with E-state index in [0.29, 0.717) is 33.3 Å². The molecule has 168 valence electrons. The summed E-state index contributed by atoms with van der Waals surface area (Å²) >= 11 is 6.20. The standard InChI is InChI=1S/C27H25ClN2O3/c1-15-10-16(2)12-21(11-15)30-26(31)24(19-7-6-17(3)18(4)13-19)25(27(30)32)29-22-14-20(28)8-9-23(22)33-5/h6-14,29H,1-5H3. The second kappa shape index (κ2) is 8.75. The predicted octanol–water partition coefficient (Wildman–Crippen LogP) is 5.98. The van der Waals surface area contributed by atoms with Crippen molar-refractivity contribution in [1.29, 1.82) is 0 Å². The van der Waals surface area contributed by atoms with E-state index in [1.165, 1.54) is 12.0 Å². The molecular formula is C27H25ClN2O3. The lowest BCUT2D eigenvalue weighted by molar-refractivity contribution is -0.120. The Morgan fingerprint density at radius 2 is 1.52 bits per heavy atom. The third kappa shape index (κ3) is 4.24. The fraction of sp³-hybridized carbons (Fsp3) is 0.185. The maximum absolute atomic E-state index is 13.7. The van der Waals surface area contributed by atoms with Gasteiger partial charge in [-0.2, -0.15) is 0 Å². The van der Waals surface area contributed by atoms with Gasteiger partial charge in [0.25, 0.3) is 11.8 Å². The van der Waals surface area contributed by atoms with E-state index < -0.39 is 5.91 Å². The minimum absolute atomic E-state index is 0.183. The molecule has 6 heteroatoms. The number of rotatable bonds is 5. The molecule has 1 heterocycles. The first-order chi connectivity index (χ1) is 15.7. The number of benzene rings is 3. The first kappa shape index (κ1) is 22.6. The number of hydrogen-bond acceptors (Lipinski definition) is 4. The predicted molar refractivity (Wildman–Crippen MR) is 133 cm³/mol. The quantitative estimate of drug-likeness (QED) is 0.476. The van der Waals surface area contributed by atoms with Gasteiger partial charge in [-0.3, -0.25) is 9.59 Å². The first-order valence-corrected chi connectivity index (χ1v) is 11.0. The molecular weight excluding hydrogens is 436 g/mol. The van der Waals surface area contributed by atoms with Crippen molar-refractivity contribution in [1.82, 2.24) is 0 Å². The van der Waals surface area contributed by atoms with Gasteiger partial charge in [0, 0.05) is 5.02 Å². The largest absolute Gasteiger partial charge is 0.495 e. The van der Waals surface area contributed by atoms with Crippen LogP contribution in [0.3, 0.4) is 0 Å². The number of imide groups is 1. The van der Waals surface area contributed by atoms with Crippen molar-refractivity contribution < 1.29 is 14.3 Å². The summed E-state index contributed by atoms with van der Waals surface area (Å²) in [6, 6.07) is 16.5. The van der Waals surface area contributed by atoms with Crippen molar-refractivity contribution >= 4 is 40.4 Å². The van der Waals surface area contributed by atoms with E-state index in [4.69, 9.17) is 16.3 Å². The molecule has 3 aromatic carbocycles. The lowest BCUT2D eigenvalue weighted by Crippen LogP contribution is -2.32. The molecule has 0 saturated heterocycles. The van der Waals surface area contributed by atoms with Crippen LogP contribution in [0.15, 0.2) is 60.3 Å². The Morgan fingerprint density at radius 1 is 0.818 bits per heavy atom. The van der Waals surface area contributed by atoms with Crippen LogP contribution in [0.4, 0.5) is 11.4 Å². The highest BCUT2D eigenvalue weighted by atomic mass is 35.5. The SMILES string of the molecule is COc1ccc(Cl)cc1NC1=C(c2ccc(C)c(C)c2)C(=O)N(c2cc(C)cc(C)c2)C1=O. The van der Waals surface area contributed by atoms with Crippen LogP contribution >= 0.6 is 11.6 Å². The zero-order chi connectivity index (χ0) is 23.9. The van der Waals surface area contributed by atoms with Crippen molar-refractivity contribution in [2.45, 2.75) is 27.7 Å². The third-order valence-electron chi connectivity index (χ3n) is 5.77. The Morgan fingerprint density at radius 3 is 2.15 bits per heavy atom. The molecule has 2 amide bonds. The number of nitrogens with zero attached hydrogens (tertiary/aromatic N) is 1. The summed E-state index contributed by atoms with van der Waals surface area (Å²) in [4.78, 5) is 28.6. The number of amides is 2. The van der Waals surface area contributed by atoms with Gasteiger partial charge in [-0.15, -0.1) is 0 Å². The van der Waals surface area contributed by atoms with Gasteiger partial charge in [0.15, 0.2) is 0 Å². The summed E-state index contributed by atoms with van der Waals surface area (Å²) in [5, 5.41) is 3.63. The van der Waals surface area contributed by atoms with Crippen molar-refractivity contribution in [3.05, 3.63) is 93.1 Å². The Hall–Kier alpha value is -3.57. The zero-order valence-electron chi connectivity index (χ0n) is 19.2. The molecule has 1 aliphatic heterocycles. The molecule has 33 heavy (non-hydrogen) atoms. The normalized spacial score (nSPS) is 13.7. The highest BCUT2D eigenvalue weighted by molar-refractivity contribution is 6.46. The summed E-state index contributed by atoms with van der Waals surface area (Å²) in [7, 11) is 1.54. The van der Waals surface area contributed by atoms with Crippen LogP contribution in [0, 0.1) is 27.7 Å². The van der Waals surface area contributed by atoms with Gasteiger partial charge in [0.05, 0.1) is 24.1 Å². The molecule has 5 nitrogen and oxygen atoms in total. The average Bonchev–Trinajstić information content (AvgIpc) is 2.99. The van der Waals surface area contributed by atoms with Gasteiger partial charge in [-0.1, -0.05) is 35.9 Å². The molecule has 0 saturated carbocycles. The minimum Gasteiger partial charge on any atom is -0.495 e. The number of halogens is 1. The lowest BCUT2D eigenvalue weighted by Gasteiger charge is -2.17. The van der Waals surface area contributed by atoms with E-state index in [-0.39, 0.29) is 11.6 Å². The Bertz CT molecular complexity index is 1310. The Labute approximate surface area is 198 Å². The van der Waals surface area contributed by atoms with Crippen molar-refractivity contribution in [3.63, 3.8) is 0 Å². The van der Waals surface area contributed by atoms with Crippen LogP contribution in [0.25, 0.3) is 5.57 Å². The van der Waals surface area contributed by atoms with E-state index in [2.05, 4.69) is 5.32 Å². The van der Waals surface area contributed by atoms with Crippen LogP contribution in [0.2, 0.25) is 5.02 Å². The van der Waals surface area contributed by atoms with Gasteiger partial charge in [-0.05, 0) is 85.8 Å². The zero-order valence-corrected chi connectivity index (χ0v) is 20.0. The average molecular weight is 461 g/mol. The number of anilines is 2. The smallest absolute Gasteiger partial charge is 0.282 e. The summed E-state index contributed by atoms with van der Waals surface area (Å²) in [5.41, 5.74) is 6.29. The maximum atomic E-state index is 13.7. The molecule has 0 fully saturated rings. The van der Waals surface area contributed by atoms with Gasteiger partial charge in [0.1, 0.15) is 11.4 Å². The highest BCUT2D eigenvalue weighted by Crippen LogP contribution is 2.37. The van der Waals surface area contributed by atoms with Crippen LogP contribution in [-0.4, -0.2) is 18.9 Å². The van der Waals surface area contributed by atoms with Crippen LogP contribution in [0.1, 0.15) is 27.8 Å². The molecule has 0 radical (unpaired) electrons. The number of ether oxygens (including phenoxy) is 1. The minimum atomic E-state index is -0.430. The van der Waals surface area contributed by atoms with Gasteiger partial charge >= 0.3 is 0 Å². The van der Waals surface area contributed by atoms with E-state index in [1.54, 1.807) is 18.2 Å². The summed E-state index contributed by atoms with van der Waals surface area (Å²) in [5.74, 6) is -0.298. The number of carbonyl (C=O) groups is 2. The molecule has 1 N–H and O–H groups in total. The van der Waals surface area contributed by atoms with E-state index in [9.17, 15) is 9.59 Å². The molecule has 0 spiro atoms. The topological polar surface area (TPSA) is 58.6 Å². The first-order valence-electron chi connectivity index (χ1n) is 10.6. The summed E-state index contributed by atoms with van der Waals surface area (Å²) in [6.45, 7) is 7.87. The molecule has 0 unspecified atom stereocenters. The number of hydrogen-bond donors (Lipinski definition) is 1. The van der Waals surface area contributed by atoms with Crippen LogP contribution < -0.4 is 15.0 Å². The van der Waals surface area contributed by atoms with E-state index in [1.807, 2.05) is 64.1 Å². The fourth-order valence-electron chi connectivity index (χ4n) is 4.04. The van der Waals surface area contributed by atoms with Crippen molar-refractivity contribution in [2.24, 2.45) is 0 Å². The van der Waals surface area contributed by atoms with Gasteiger partial charge in [-0.25, -0.2) is 4.90 Å². The number of carbonyl (C=O) groups excluding carboxylic acids is 2. The monoisotopic (exact) mass is 460 g/mol. The number of aryl methyl sites for hydroxylation is 4. The maximum Gasteiger partial charge on any atom is 0.282 e. The molecule has 4 rings (SSSR count). The lowest BCUT2D eigenvalue weighted by atomic mass is 9.99. The molecule has 3 aromatic rings. The van der Waals surface area contributed by atoms with Crippen molar-refractivity contribution in [3.8, 4) is 5.75 Å². The van der Waals surface area contributed by atoms with Gasteiger partial charge in [0.2, 0.25) is 0 Å². The van der Waals surface area contributed by atoms with E-state index in [0.717, 1.165) is 22.3 Å². The second-order valence-electron chi connectivity index (χ2n) is 8.31. The summed E-state index contributed by atoms with van der Waals surface area (Å²) < 4.78 is 5.44. The number of methoxy groups -OCH3 is 1. The van der Waals surface area contributed by atoms with Crippen LogP contribution in [0.5, 0.6) is 5.75 Å². The molecule has 0 bridgehead atoms.